The van der Waals surface area contributed by atoms with Gasteiger partial charge in [-0.25, -0.2) is 0 Å². The quantitative estimate of drug-likeness (QED) is 0.829. The fourth-order valence-electron chi connectivity index (χ4n) is 2.55. The van der Waals surface area contributed by atoms with Crippen molar-refractivity contribution in [2.45, 2.75) is 18.2 Å². The first kappa shape index (κ1) is 17.0. The molecule has 0 aromatic heterocycles. The summed E-state index contributed by atoms with van der Waals surface area (Å²) in [5.74, 6) is 0.355. The predicted octanol–water partition coefficient (Wildman–Crippen LogP) is 4.23. The Morgan fingerprint density at radius 2 is 2.08 bits per heavy atom. The van der Waals surface area contributed by atoms with Crippen LogP contribution in [-0.2, 0) is 9.59 Å². The third-order valence-corrected chi connectivity index (χ3v) is 5.47. The third-order valence-electron chi connectivity index (χ3n) is 3.77. The highest BCUT2D eigenvalue weighted by molar-refractivity contribution is 9.10. The number of carbonyl (C=O) groups excluding carboxylic acids is 2. The van der Waals surface area contributed by atoms with Gasteiger partial charge in [-0.05, 0) is 52.7 Å². The van der Waals surface area contributed by atoms with Crippen LogP contribution in [0.5, 0.6) is 0 Å². The Bertz CT molecular complexity index is 794. The molecule has 6 heteroatoms. The molecule has 0 bridgehead atoms. The maximum atomic E-state index is 12.2. The number of benzene rings is 2. The van der Waals surface area contributed by atoms with Gasteiger partial charge in [0.05, 0.1) is 17.1 Å². The van der Waals surface area contributed by atoms with Gasteiger partial charge in [0.1, 0.15) is 0 Å². The number of carbonyl (C=O) groups is 2. The molecule has 24 heavy (non-hydrogen) atoms. The highest BCUT2D eigenvalue weighted by Crippen LogP contribution is 2.35. The van der Waals surface area contributed by atoms with E-state index in [9.17, 15) is 9.59 Å². The molecule has 4 nitrogen and oxygen atoms in total. The summed E-state index contributed by atoms with van der Waals surface area (Å²) in [6.45, 7) is 2.37. The summed E-state index contributed by atoms with van der Waals surface area (Å²) in [4.78, 5) is 27.2. The molecule has 0 aliphatic carbocycles. The number of anilines is 2. The molecular formula is C18H17BrN2O2S. The van der Waals surface area contributed by atoms with Crippen LogP contribution in [0.1, 0.15) is 12.0 Å². The van der Waals surface area contributed by atoms with Crippen molar-refractivity contribution >= 4 is 50.9 Å². The minimum absolute atomic E-state index is 0.0445. The van der Waals surface area contributed by atoms with Gasteiger partial charge >= 0.3 is 0 Å². The highest BCUT2D eigenvalue weighted by Gasteiger charge is 2.24. The molecule has 2 aromatic carbocycles. The van der Waals surface area contributed by atoms with Crippen LogP contribution in [0.4, 0.5) is 11.4 Å². The van der Waals surface area contributed by atoms with Crippen molar-refractivity contribution in [3.63, 3.8) is 0 Å². The van der Waals surface area contributed by atoms with Gasteiger partial charge in [-0.1, -0.05) is 18.2 Å². The van der Waals surface area contributed by atoms with Gasteiger partial charge in [-0.3, -0.25) is 9.59 Å². The molecule has 124 valence electrons. The molecule has 1 aliphatic rings. The fraction of sp³-hybridized carbons (Fsp3) is 0.222. The highest BCUT2D eigenvalue weighted by atomic mass is 79.9. The average Bonchev–Trinajstić information content (AvgIpc) is 2.56. The zero-order chi connectivity index (χ0) is 17.1. The summed E-state index contributed by atoms with van der Waals surface area (Å²) in [6.07, 6.45) is 0.255. The van der Waals surface area contributed by atoms with E-state index in [1.807, 2.05) is 49.4 Å². The van der Waals surface area contributed by atoms with Gasteiger partial charge in [0.15, 0.2) is 0 Å². The Hall–Kier alpha value is -1.79. The van der Waals surface area contributed by atoms with Crippen LogP contribution in [0.3, 0.4) is 0 Å². The summed E-state index contributed by atoms with van der Waals surface area (Å²) in [6, 6.07) is 13.6. The summed E-state index contributed by atoms with van der Waals surface area (Å²) in [7, 11) is 0. The van der Waals surface area contributed by atoms with Gasteiger partial charge in [0, 0.05) is 22.3 Å². The molecule has 1 N–H and O–H groups in total. The zero-order valence-electron chi connectivity index (χ0n) is 13.2. The zero-order valence-corrected chi connectivity index (χ0v) is 15.6. The Labute approximate surface area is 153 Å². The Kier molecular flexibility index (Phi) is 5.26. The van der Waals surface area contributed by atoms with Crippen LogP contribution >= 0.6 is 27.7 Å². The molecule has 0 spiro atoms. The van der Waals surface area contributed by atoms with Crippen LogP contribution in [-0.4, -0.2) is 24.1 Å². The molecular weight excluding hydrogens is 388 g/mol. The average molecular weight is 405 g/mol. The lowest BCUT2D eigenvalue weighted by molar-refractivity contribution is -0.117. The second kappa shape index (κ2) is 7.40. The van der Waals surface area contributed by atoms with Crippen molar-refractivity contribution in [2.75, 3.05) is 22.5 Å². The number of nitrogens with zero attached hydrogens (tertiary/aromatic N) is 1. The Morgan fingerprint density at radius 1 is 1.29 bits per heavy atom. The first-order chi connectivity index (χ1) is 11.5. The molecule has 2 aromatic rings. The fourth-order valence-corrected chi connectivity index (χ4v) is 4.07. The number of rotatable bonds is 4. The topological polar surface area (TPSA) is 49.4 Å². The SMILES string of the molecule is Cc1ccc(NC(=O)CCN2C(=O)CSc3ccccc32)c(Br)c1. The summed E-state index contributed by atoms with van der Waals surface area (Å²) < 4.78 is 0.853. The van der Waals surface area contributed by atoms with E-state index in [4.69, 9.17) is 0 Å². The largest absolute Gasteiger partial charge is 0.325 e. The maximum Gasteiger partial charge on any atom is 0.237 e. The number of nitrogens with one attached hydrogen (secondary N) is 1. The van der Waals surface area contributed by atoms with Crippen molar-refractivity contribution in [1.82, 2.24) is 0 Å². The van der Waals surface area contributed by atoms with Crippen molar-refractivity contribution in [2.24, 2.45) is 0 Å². The summed E-state index contributed by atoms with van der Waals surface area (Å²) in [5, 5.41) is 2.89. The number of para-hydroxylation sites is 1. The second-order valence-electron chi connectivity index (χ2n) is 5.58. The van der Waals surface area contributed by atoms with Crippen LogP contribution in [0, 0.1) is 6.92 Å². The number of hydrogen-bond donors (Lipinski definition) is 1. The van der Waals surface area contributed by atoms with E-state index in [2.05, 4.69) is 21.2 Å². The molecule has 0 saturated heterocycles. The molecule has 3 rings (SSSR count). The number of aryl methyl sites for hydroxylation is 1. The van der Waals surface area contributed by atoms with Gasteiger partial charge in [0.25, 0.3) is 0 Å². The molecule has 1 aliphatic heterocycles. The second-order valence-corrected chi connectivity index (χ2v) is 7.45. The lowest BCUT2D eigenvalue weighted by Gasteiger charge is -2.28. The van der Waals surface area contributed by atoms with Gasteiger partial charge in [-0.2, -0.15) is 0 Å². The molecule has 0 unspecified atom stereocenters. The summed E-state index contributed by atoms with van der Waals surface area (Å²) in [5.41, 5.74) is 2.75. The monoisotopic (exact) mass is 404 g/mol. The number of thioether (sulfide) groups is 1. The van der Waals surface area contributed by atoms with Gasteiger partial charge < -0.3 is 10.2 Å². The van der Waals surface area contributed by atoms with E-state index in [1.165, 1.54) is 0 Å². The molecule has 0 atom stereocenters. The van der Waals surface area contributed by atoms with Crippen molar-refractivity contribution in [1.29, 1.82) is 0 Å². The maximum absolute atomic E-state index is 12.2. The van der Waals surface area contributed by atoms with Crippen molar-refractivity contribution < 1.29 is 9.59 Å². The minimum atomic E-state index is -0.108. The van der Waals surface area contributed by atoms with E-state index in [0.717, 1.165) is 26.3 Å². The lowest BCUT2D eigenvalue weighted by Crippen LogP contribution is -2.37. The normalized spacial score (nSPS) is 13.6. The van der Waals surface area contributed by atoms with Crippen LogP contribution in [0.15, 0.2) is 51.8 Å². The van der Waals surface area contributed by atoms with E-state index in [0.29, 0.717) is 12.3 Å². The molecule has 0 saturated carbocycles. The number of amides is 2. The van der Waals surface area contributed by atoms with Crippen molar-refractivity contribution in [3.05, 3.63) is 52.5 Å². The van der Waals surface area contributed by atoms with Gasteiger partial charge in [0.2, 0.25) is 11.8 Å². The first-order valence-corrected chi connectivity index (χ1v) is 9.40. The Balaban J connectivity index is 1.65. The lowest BCUT2D eigenvalue weighted by atomic mass is 10.2. The van der Waals surface area contributed by atoms with Gasteiger partial charge in [-0.15, -0.1) is 11.8 Å². The smallest absolute Gasteiger partial charge is 0.237 e. The minimum Gasteiger partial charge on any atom is -0.325 e. The van der Waals surface area contributed by atoms with E-state index in [1.54, 1.807) is 16.7 Å². The molecule has 2 amide bonds. The molecule has 0 fully saturated rings. The summed E-state index contributed by atoms with van der Waals surface area (Å²) >= 11 is 5.00. The standard InChI is InChI=1S/C18H17BrN2O2S/c1-12-6-7-14(13(19)10-12)20-17(22)8-9-21-15-4-2-3-5-16(15)24-11-18(21)23/h2-7,10H,8-9,11H2,1H3,(H,20,22). The van der Waals surface area contributed by atoms with E-state index >= 15 is 0 Å². The molecule has 1 heterocycles. The molecule has 0 radical (unpaired) electrons. The van der Waals surface area contributed by atoms with Crippen LogP contribution in [0.25, 0.3) is 0 Å². The number of halogens is 1. The third kappa shape index (κ3) is 3.82. The Morgan fingerprint density at radius 3 is 2.88 bits per heavy atom. The van der Waals surface area contributed by atoms with E-state index in [-0.39, 0.29) is 18.2 Å². The van der Waals surface area contributed by atoms with Crippen LogP contribution < -0.4 is 10.2 Å². The number of hydrogen-bond acceptors (Lipinski definition) is 3. The van der Waals surface area contributed by atoms with Crippen LogP contribution in [0.2, 0.25) is 0 Å². The predicted molar refractivity (Wildman–Crippen MR) is 102 cm³/mol. The van der Waals surface area contributed by atoms with E-state index < -0.39 is 0 Å². The first-order valence-electron chi connectivity index (χ1n) is 7.63. The van der Waals surface area contributed by atoms with Crippen molar-refractivity contribution in [3.8, 4) is 0 Å². The number of fused-ring (bicyclic) bond motifs is 1.